The van der Waals surface area contributed by atoms with E-state index >= 15 is 0 Å². The highest BCUT2D eigenvalue weighted by atomic mass is 19.4. The third-order valence-electron chi connectivity index (χ3n) is 6.78. The zero-order chi connectivity index (χ0) is 29.0. The number of amides is 1. The van der Waals surface area contributed by atoms with E-state index in [1.165, 1.54) is 16.7 Å². The Morgan fingerprint density at radius 1 is 0.900 bits per heavy atom. The summed E-state index contributed by atoms with van der Waals surface area (Å²) in [6, 6.07) is 12.6. The molecular formula is C28H21F6N3O3. The van der Waals surface area contributed by atoms with Crippen LogP contribution in [0.2, 0.25) is 0 Å². The van der Waals surface area contributed by atoms with Gasteiger partial charge in [-0.3, -0.25) is 14.2 Å². The van der Waals surface area contributed by atoms with Gasteiger partial charge in [0, 0.05) is 31.3 Å². The maximum absolute atomic E-state index is 14.1. The van der Waals surface area contributed by atoms with Crippen molar-refractivity contribution in [1.82, 2.24) is 9.47 Å². The van der Waals surface area contributed by atoms with Gasteiger partial charge in [0.05, 0.1) is 16.5 Å². The van der Waals surface area contributed by atoms with Crippen molar-refractivity contribution in [2.45, 2.75) is 32.4 Å². The van der Waals surface area contributed by atoms with Crippen LogP contribution in [0.3, 0.4) is 0 Å². The van der Waals surface area contributed by atoms with Crippen LogP contribution in [0, 0.1) is 11.1 Å². The summed E-state index contributed by atoms with van der Waals surface area (Å²) in [6.45, 7) is 1.07. The quantitative estimate of drug-likeness (QED) is 0.185. The molecule has 0 spiro atoms. The summed E-state index contributed by atoms with van der Waals surface area (Å²) in [6.07, 6.45) is -8.93. The molecular weight excluding hydrogens is 540 g/mol. The number of halogens is 6. The number of fused-ring (bicyclic) bond motifs is 2. The summed E-state index contributed by atoms with van der Waals surface area (Å²) in [7, 11) is 0. The van der Waals surface area contributed by atoms with E-state index in [-0.39, 0.29) is 46.9 Å². The predicted octanol–water partition coefficient (Wildman–Crippen LogP) is 5.63. The second-order valence-corrected chi connectivity index (χ2v) is 9.81. The molecule has 0 saturated carbocycles. The molecule has 208 valence electrons. The Labute approximate surface area is 223 Å². The summed E-state index contributed by atoms with van der Waals surface area (Å²) in [4.78, 5) is 28.7. The Balaban J connectivity index is 1.72. The highest BCUT2D eigenvalue weighted by molar-refractivity contribution is 6.07. The SMILES string of the molecule is C[C@H]1CN(Cc2cc(C(F)(F)F)cc(C(F)(F)F)c2)C(=O)c2c(-c3ccccc3)c3ccc[n+]([O-])c3c(=O)n2C1. The molecule has 0 radical (unpaired) electrons. The first-order chi connectivity index (χ1) is 18.8. The third-order valence-corrected chi connectivity index (χ3v) is 6.78. The van der Waals surface area contributed by atoms with Crippen LogP contribution in [0.25, 0.3) is 22.0 Å². The molecule has 0 aliphatic carbocycles. The Morgan fingerprint density at radius 2 is 1.52 bits per heavy atom. The van der Waals surface area contributed by atoms with Crippen molar-refractivity contribution in [3.8, 4) is 11.1 Å². The first-order valence-corrected chi connectivity index (χ1v) is 12.2. The van der Waals surface area contributed by atoms with Gasteiger partial charge in [-0.1, -0.05) is 37.3 Å². The average Bonchev–Trinajstić information content (AvgIpc) is 3.00. The second kappa shape index (κ2) is 9.68. The zero-order valence-electron chi connectivity index (χ0n) is 20.9. The fourth-order valence-electron chi connectivity index (χ4n) is 5.13. The Morgan fingerprint density at radius 3 is 2.12 bits per heavy atom. The van der Waals surface area contributed by atoms with E-state index in [0.717, 1.165) is 11.1 Å². The molecule has 12 heteroatoms. The molecule has 1 amide bonds. The minimum atomic E-state index is -5.04. The van der Waals surface area contributed by atoms with Gasteiger partial charge >= 0.3 is 17.9 Å². The van der Waals surface area contributed by atoms with Crippen molar-refractivity contribution in [2.24, 2.45) is 5.92 Å². The van der Waals surface area contributed by atoms with Crippen molar-refractivity contribution in [1.29, 1.82) is 0 Å². The van der Waals surface area contributed by atoms with E-state index in [2.05, 4.69) is 0 Å². The Bertz CT molecular complexity index is 1650. The maximum atomic E-state index is 14.1. The minimum Gasteiger partial charge on any atom is -0.618 e. The van der Waals surface area contributed by atoms with E-state index in [4.69, 9.17) is 0 Å². The molecule has 40 heavy (non-hydrogen) atoms. The molecule has 2 aromatic carbocycles. The van der Waals surface area contributed by atoms with Crippen LogP contribution < -0.4 is 10.3 Å². The van der Waals surface area contributed by atoms with Crippen LogP contribution in [0.1, 0.15) is 34.1 Å². The van der Waals surface area contributed by atoms with Gasteiger partial charge in [-0.05, 0) is 41.3 Å². The smallest absolute Gasteiger partial charge is 0.416 e. The number of alkyl halides is 6. The topological polar surface area (TPSA) is 69.2 Å². The fourth-order valence-corrected chi connectivity index (χ4v) is 5.13. The van der Waals surface area contributed by atoms with Crippen LogP contribution in [-0.4, -0.2) is 21.9 Å². The van der Waals surface area contributed by atoms with Crippen molar-refractivity contribution >= 4 is 16.8 Å². The summed E-state index contributed by atoms with van der Waals surface area (Å²) >= 11 is 0. The molecule has 0 bridgehead atoms. The van der Waals surface area contributed by atoms with E-state index < -0.39 is 47.4 Å². The summed E-state index contributed by atoms with van der Waals surface area (Å²) in [5.41, 5.74) is -3.57. The van der Waals surface area contributed by atoms with Gasteiger partial charge in [-0.15, -0.1) is 0 Å². The number of hydrogen-bond donors (Lipinski definition) is 0. The van der Waals surface area contributed by atoms with E-state index in [9.17, 15) is 41.1 Å². The van der Waals surface area contributed by atoms with Gasteiger partial charge in [-0.25, -0.2) is 0 Å². The van der Waals surface area contributed by atoms with E-state index in [1.807, 2.05) is 0 Å². The molecule has 1 aliphatic heterocycles. The number of carbonyl (C=O) groups excluding carboxylic acids is 1. The van der Waals surface area contributed by atoms with Crippen molar-refractivity contribution in [3.63, 3.8) is 0 Å². The lowest BCUT2D eigenvalue weighted by molar-refractivity contribution is -0.577. The number of nitrogens with zero attached hydrogens (tertiary/aromatic N) is 3. The lowest BCUT2D eigenvalue weighted by atomic mass is 9.97. The predicted molar refractivity (Wildman–Crippen MR) is 133 cm³/mol. The molecule has 0 saturated heterocycles. The van der Waals surface area contributed by atoms with Crippen molar-refractivity contribution < 1.29 is 35.9 Å². The molecule has 1 atom stereocenters. The first kappa shape index (κ1) is 27.2. The average molecular weight is 561 g/mol. The fraction of sp³-hybridized carbons (Fsp3) is 0.250. The normalized spacial score (nSPS) is 16.2. The van der Waals surface area contributed by atoms with Gasteiger partial charge in [0.25, 0.3) is 11.4 Å². The van der Waals surface area contributed by atoms with Gasteiger partial charge in [0.15, 0.2) is 6.20 Å². The number of aromatic nitrogens is 2. The lowest BCUT2D eigenvalue weighted by Gasteiger charge is -2.24. The lowest BCUT2D eigenvalue weighted by Crippen LogP contribution is -2.38. The first-order valence-electron chi connectivity index (χ1n) is 12.2. The molecule has 6 nitrogen and oxygen atoms in total. The monoisotopic (exact) mass is 561 g/mol. The van der Waals surface area contributed by atoms with Crippen LogP contribution in [-0.2, 0) is 25.4 Å². The largest absolute Gasteiger partial charge is 0.618 e. The number of rotatable bonds is 3. The molecule has 2 aromatic heterocycles. The summed E-state index contributed by atoms with van der Waals surface area (Å²) in [5.74, 6) is -1.19. The van der Waals surface area contributed by atoms with E-state index in [1.54, 1.807) is 37.3 Å². The van der Waals surface area contributed by atoms with Crippen molar-refractivity contribution in [3.05, 3.63) is 105 Å². The van der Waals surface area contributed by atoms with Crippen LogP contribution in [0.4, 0.5) is 26.3 Å². The molecule has 0 N–H and O–H groups in total. The number of hydrogen-bond acceptors (Lipinski definition) is 3. The van der Waals surface area contributed by atoms with Gasteiger partial charge in [-0.2, -0.15) is 31.1 Å². The standard InChI is InChI=1S/C28H21F6N3O3/c1-16-13-35(15-17-10-19(27(29,30)31)12-20(11-17)28(32,33)34)25(38)24-22(18-6-3-2-4-7-18)21-8-5-9-37(40)23(21)26(39)36(24)14-16/h2-12,16H,13-15H2,1H3/t16-/m0/s1. The number of carbonyl (C=O) groups is 1. The van der Waals surface area contributed by atoms with Crippen LogP contribution in [0.15, 0.2) is 71.7 Å². The van der Waals surface area contributed by atoms with Gasteiger partial charge < -0.3 is 10.1 Å². The molecule has 0 unspecified atom stereocenters. The molecule has 5 rings (SSSR count). The number of benzene rings is 2. The second-order valence-electron chi connectivity index (χ2n) is 9.81. The van der Waals surface area contributed by atoms with E-state index in [0.29, 0.717) is 22.4 Å². The minimum absolute atomic E-state index is 0.00251. The highest BCUT2D eigenvalue weighted by Gasteiger charge is 2.38. The van der Waals surface area contributed by atoms with Gasteiger partial charge in [0.2, 0.25) is 0 Å². The zero-order valence-corrected chi connectivity index (χ0v) is 20.9. The van der Waals surface area contributed by atoms with Gasteiger partial charge in [0.1, 0.15) is 5.69 Å². The summed E-state index contributed by atoms with van der Waals surface area (Å²) in [5, 5.41) is 12.9. The summed E-state index contributed by atoms with van der Waals surface area (Å²) < 4.78 is 82.4. The molecule has 3 heterocycles. The molecule has 4 aromatic rings. The molecule has 0 fully saturated rings. The maximum Gasteiger partial charge on any atom is 0.416 e. The third kappa shape index (κ3) is 4.89. The Hall–Kier alpha value is -4.35. The number of pyridine rings is 2. The van der Waals surface area contributed by atoms with Crippen LogP contribution in [0.5, 0.6) is 0 Å². The van der Waals surface area contributed by atoms with Crippen molar-refractivity contribution in [2.75, 3.05) is 6.54 Å². The highest BCUT2D eigenvalue weighted by Crippen LogP contribution is 2.37. The Kier molecular flexibility index (Phi) is 6.59. The van der Waals surface area contributed by atoms with Crippen LogP contribution >= 0.6 is 0 Å². The molecule has 1 aliphatic rings.